The zero-order valence-corrected chi connectivity index (χ0v) is 20.1. The minimum atomic E-state index is -0.253. The van der Waals surface area contributed by atoms with Crippen molar-refractivity contribution in [3.8, 4) is 28.2 Å². The van der Waals surface area contributed by atoms with Gasteiger partial charge in [0.2, 0.25) is 0 Å². The summed E-state index contributed by atoms with van der Waals surface area (Å²) in [6.45, 7) is 6.28. The summed E-state index contributed by atoms with van der Waals surface area (Å²) >= 11 is 1.42. The Labute approximate surface area is 202 Å². The molecule has 0 radical (unpaired) electrons. The van der Waals surface area contributed by atoms with Crippen molar-refractivity contribution in [2.45, 2.75) is 20.8 Å². The fourth-order valence-electron chi connectivity index (χ4n) is 4.25. The minimum absolute atomic E-state index is 0.253. The van der Waals surface area contributed by atoms with Crippen LogP contribution in [0.3, 0.4) is 0 Å². The number of hydrogen-bond donors (Lipinski definition) is 1. The van der Waals surface area contributed by atoms with Crippen molar-refractivity contribution in [1.29, 1.82) is 0 Å². The first kappa shape index (κ1) is 21.8. The molecule has 5 nitrogen and oxygen atoms in total. The third kappa shape index (κ3) is 4.28. The molecule has 5 rings (SSSR count). The van der Waals surface area contributed by atoms with Gasteiger partial charge < -0.3 is 0 Å². The number of nitrogens with zero attached hydrogens (tertiary/aromatic N) is 3. The molecule has 0 spiro atoms. The summed E-state index contributed by atoms with van der Waals surface area (Å²) in [5.41, 5.74) is 8.52. The van der Waals surface area contributed by atoms with E-state index in [0.29, 0.717) is 10.8 Å². The van der Waals surface area contributed by atoms with Crippen LogP contribution in [-0.4, -0.2) is 20.7 Å². The van der Waals surface area contributed by atoms with Crippen molar-refractivity contribution < 1.29 is 4.79 Å². The molecule has 2 heterocycles. The molecule has 1 N–H and O–H groups in total. The summed E-state index contributed by atoms with van der Waals surface area (Å²) in [6.07, 6.45) is 0. The Morgan fingerprint density at radius 1 is 0.853 bits per heavy atom. The average Bonchev–Trinajstić information content (AvgIpc) is 3.47. The number of para-hydroxylation sites is 1. The third-order valence-corrected chi connectivity index (χ3v) is 6.43. The van der Waals surface area contributed by atoms with Gasteiger partial charge in [-0.2, -0.15) is 5.10 Å². The molecule has 0 aliphatic carbocycles. The Morgan fingerprint density at radius 2 is 1.50 bits per heavy atom. The Morgan fingerprint density at radius 3 is 2.18 bits per heavy atom. The second-order valence-corrected chi connectivity index (χ2v) is 9.15. The van der Waals surface area contributed by atoms with Crippen LogP contribution < -0.4 is 5.32 Å². The van der Waals surface area contributed by atoms with E-state index in [1.807, 2.05) is 72.1 Å². The monoisotopic (exact) mass is 464 g/mol. The van der Waals surface area contributed by atoms with Gasteiger partial charge in [-0.1, -0.05) is 66.2 Å². The molecule has 6 heteroatoms. The van der Waals surface area contributed by atoms with Gasteiger partial charge in [-0.15, -0.1) is 11.3 Å². The Kier molecular flexibility index (Phi) is 5.82. The topological polar surface area (TPSA) is 59.8 Å². The maximum atomic E-state index is 13.4. The number of hydrogen-bond acceptors (Lipinski definition) is 4. The Bertz CT molecular complexity index is 1450. The molecule has 0 atom stereocenters. The Balaban J connectivity index is 1.48. The highest BCUT2D eigenvalue weighted by Gasteiger charge is 2.19. The van der Waals surface area contributed by atoms with Crippen LogP contribution >= 0.6 is 11.3 Å². The summed E-state index contributed by atoms with van der Waals surface area (Å²) < 4.78 is 1.68. The molecule has 0 aliphatic heterocycles. The molecule has 3 aromatic carbocycles. The first-order valence-corrected chi connectivity index (χ1v) is 11.9. The van der Waals surface area contributed by atoms with Gasteiger partial charge in [0.1, 0.15) is 5.69 Å². The number of thiazole rings is 1. The molecule has 0 bridgehead atoms. The second-order valence-electron chi connectivity index (χ2n) is 8.29. The first-order valence-electron chi connectivity index (χ1n) is 11.1. The van der Waals surface area contributed by atoms with Crippen LogP contribution in [0.5, 0.6) is 0 Å². The maximum absolute atomic E-state index is 13.4. The van der Waals surface area contributed by atoms with Crippen molar-refractivity contribution in [3.63, 3.8) is 0 Å². The maximum Gasteiger partial charge on any atom is 0.276 e. The molecular weight excluding hydrogens is 440 g/mol. The van der Waals surface area contributed by atoms with Crippen LogP contribution in [-0.2, 0) is 0 Å². The van der Waals surface area contributed by atoms with Crippen molar-refractivity contribution in [1.82, 2.24) is 14.8 Å². The summed E-state index contributed by atoms with van der Waals surface area (Å²) in [7, 11) is 0. The molecule has 0 aliphatic rings. The summed E-state index contributed by atoms with van der Waals surface area (Å²) in [4.78, 5) is 18.1. The number of carbonyl (C=O) groups excluding carboxylic acids is 1. The SMILES string of the molecule is Cc1cc(C)c(-c2csc(NC(=O)c3cc(-c4ccccc4)nn3-c3ccccc3)n2)c(C)c1. The van der Waals surface area contributed by atoms with Gasteiger partial charge in [-0.3, -0.25) is 10.1 Å². The number of aromatic nitrogens is 3. The van der Waals surface area contributed by atoms with E-state index in [-0.39, 0.29) is 5.91 Å². The quantitative estimate of drug-likeness (QED) is 0.310. The smallest absolute Gasteiger partial charge is 0.276 e. The van der Waals surface area contributed by atoms with Gasteiger partial charge >= 0.3 is 0 Å². The molecule has 168 valence electrons. The number of carbonyl (C=O) groups is 1. The normalized spacial score (nSPS) is 10.9. The van der Waals surface area contributed by atoms with Crippen LogP contribution in [0.2, 0.25) is 0 Å². The van der Waals surface area contributed by atoms with E-state index in [1.165, 1.54) is 28.0 Å². The molecule has 0 unspecified atom stereocenters. The number of nitrogens with one attached hydrogen (secondary N) is 1. The molecule has 0 saturated carbocycles. The Hall–Kier alpha value is -4.03. The first-order chi connectivity index (χ1) is 16.5. The van der Waals surface area contributed by atoms with E-state index in [2.05, 4.69) is 38.2 Å². The van der Waals surface area contributed by atoms with E-state index in [9.17, 15) is 4.79 Å². The van der Waals surface area contributed by atoms with Crippen LogP contribution in [0, 0.1) is 20.8 Å². The van der Waals surface area contributed by atoms with E-state index >= 15 is 0 Å². The summed E-state index contributed by atoms with van der Waals surface area (Å²) in [5.74, 6) is -0.253. The minimum Gasteiger partial charge on any atom is -0.296 e. The highest BCUT2D eigenvalue weighted by molar-refractivity contribution is 7.14. The average molecular weight is 465 g/mol. The third-order valence-electron chi connectivity index (χ3n) is 5.67. The summed E-state index contributed by atoms with van der Waals surface area (Å²) in [5, 5.41) is 10.3. The van der Waals surface area contributed by atoms with Gasteiger partial charge in [0.25, 0.3) is 5.91 Å². The molecule has 0 fully saturated rings. The van der Waals surface area contributed by atoms with E-state index in [1.54, 1.807) is 4.68 Å². The highest BCUT2D eigenvalue weighted by Crippen LogP contribution is 2.31. The lowest BCUT2D eigenvalue weighted by Gasteiger charge is -2.09. The number of rotatable bonds is 5. The van der Waals surface area contributed by atoms with Gasteiger partial charge in [0, 0.05) is 16.5 Å². The predicted molar refractivity (Wildman–Crippen MR) is 139 cm³/mol. The number of benzene rings is 3. The number of aryl methyl sites for hydroxylation is 3. The van der Waals surface area contributed by atoms with Gasteiger partial charge in [-0.05, 0) is 50.1 Å². The number of amides is 1. The lowest BCUT2D eigenvalue weighted by molar-refractivity contribution is 0.101. The molecule has 1 amide bonds. The van der Waals surface area contributed by atoms with Crippen molar-refractivity contribution in [2.75, 3.05) is 5.32 Å². The van der Waals surface area contributed by atoms with Crippen LogP contribution in [0.1, 0.15) is 27.2 Å². The van der Waals surface area contributed by atoms with Crippen molar-refractivity contribution in [3.05, 3.63) is 107 Å². The van der Waals surface area contributed by atoms with Crippen LogP contribution in [0.4, 0.5) is 5.13 Å². The van der Waals surface area contributed by atoms with Crippen LogP contribution in [0.25, 0.3) is 28.2 Å². The van der Waals surface area contributed by atoms with E-state index in [4.69, 9.17) is 10.1 Å². The zero-order chi connectivity index (χ0) is 23.7. The van der Waals surface area contributed by atoms with Crippen molar-refractivity contribution >= 4 is 22.4 Å². The molecule has 34 heavy (non-hydrogen) atoms. The fourth-order valence-corrected chi connectivity index (χ4v) is 4.95. The second kappa shape index (κ2) is 9.08. The standard InChI is InChI=1S/C28H24N4OS/c1-18-14-19(2)26(20(3)15-18)24-17-34-28(29-24)30-27(33)25-16-23(21-10-6-4-7-11-21)31-32(25)22-12-8-5-9-13-22/h4-17H,1-3H3,(H,29,30,33). The van der Waals surface area contributed by atoms with Gasteiger partial charge in [0.15, 0.2) is 5.13 Å². The molecule has 0 saturated heterocycles. The zero-order valence-electron chi connectivity index (χ0n) is 19.2. The van der Waals surface area contributed by atoms with E-state index < -0.39 is 0 Å². The van der Waals surface area contributed by atoms with E-state index in [0.717, 1.165) is 28.2 Å². The largest absolute Gasteiger partial charge is 0.296 e. The predicted octanol–water partition coefficient (Wildman–Crippen LogP) is 6.84. The molecule has 5 aromatic rings. The van der Waals surface area contributed by atoms with Crippen LogP contribution in [0.15, 0.2) is 84.2 Å². The van der Waals surface area contributed by atoms with Gasteiger partial charge in [-0.25, -0.2) is 9.67 Å². The summed E-state index contributed by atoms with van der Waals surface area (Å²) in [6, 6.07) is 25.7. The highest BCUT2D eigenvalue weighted by atomic mass is 32.1. The lowest BCUT2D eigenvalue weighted by atomic mass is 9.98. The van der Waals surface area contributed by atoms with Crippen molar-refractivity contribution in [2.24, 2.45) is 0 Å². The van der Waals surface area contributed by atoms with Gasteiger partial charge in [0.05, 0.1) is 17.1 Å². The number of anilines is 1. The molecular formula is C28H24N4OS. The fraction of sp³-hybridized carbons (Fsp3) is 0.107. The lowest BCUT2D eigenvalue weighted by Crippen LogP contribution is -2.16. The molecule has 2 aromatic heterocycles.